The van der Waals surface area contributed by atoms with Crippen LogP contribution in [0.4, 0.5) is 4.79 Å². The summed E-state index contributed by atoms with van der Waals surface area (Å²) in [7, 11) is 0. The van der Waals surface area contributed by atoms with E-state index in [1.54, 1.807) is 17.1 Å². The number of likely N-dealkylation sites (tertiary alicyclic amines) is 1. The van der Waals surface area contributed by atoms with E-state index in [1.807, 2.05) is 20.8 Å². The summed E-state index contributed by atoms with van der Waals surface area (Å²) in [6.07, 6.45) is 6.40. The smallest absolute Gasteiger partial charge is 0.410 e. The molecule has 2 aliphatic rings. The van der Waals surface area contributed by atoms with E-state index in [-0.39, 0.29) is 12.1 Å². The molecule has 2 aliphatic heterocycles. The lowest BCUT2D eigenvalue weighted by atomic mass is 9.73. The van der Waals surface area contributed by atoms with Gasteiger partial charge in [-0.2, -0.15) is 0 Å². The number of rotatable bonds is 4. The van der Waals surface area contributed by atoms with Crippen molar-refractivity contribution in [3.05, 3.63) is 25.3 Å². The Morgan fingerprint density at radius 3 is 2.25 bits per heavy atom. The molecule has 0 aromatic heterocycles. The number of esters is 1. The van der Waals surface area contributed by atoms with Crippen LogP contribution in [-0.4, -0.2) is 41.3 Å². The van der Waals surface area contributed by atoms with E-state index in [2.05, 4.69) is 13.2 Å². The first-order valence-corrected chi connectivity index (χ1v) is 8.59. The third-order valence-electron chi connectivity index (χ3n) is 4.80. The van der Waals surface area contributed by atoms with Gasteiger partial charge in [0.05, 0.1) is 5.41 Å². The third kappa shape index (κ3) is 3.82. The Bertz CT molecular complexity index is 514. The zero-order chi connectivity index (χ0) is 18.0. The highest BCUT2D eigenvalue weighted by molar-refractivity contribution is 5.80. The summed E-state index contributed by atoms with van der Waals surface area (Å²) < 4.78 is 11.2. The lowest BCUT2D eigenvalue weighted by Crippen LogP contribution is -2.48. The molecule has 0 N–H and O–H groups in total. The van der Waals surface area contributed by atoms with E-state index in [1.165, 1.54) is 0 Å². The summed E-state index contributed by atoms with van der Waals surface area (Å²) in [5.74, 6) is -0.159. The zero-order valence-corrected chi connectivity index (χ0v) is 15.1. The van der Waals surface area contributed by atoms with Crippen LogP contribution in [0, 0.1) is 5.41 Å². The molecule has 0 aromatic rings. The molecule has 0 saturated carbocycles. The van der Waals surface area contributed by atoms with Crippen molar-refractivity contribution in [1.29, 1.82) is 0 Å². The van der Waals surface area contributed by atoms with E-state index < -0.39 is 16.6 Å². The number of allylic oxidation sites excluding steroid dienone is 2. The van der Waals surface area contributed by atoms with Gasteiger partial charge >= 0.3 is 12.1 Å². The Morgan fingerprint density at radius 2 is 1.79 bits per heavy atom. The van der Waals surface area contributed by atoms with Crippen LogP contribution in [0.5, 0.6) is 0 Å². The molecule has 2 fully saturated rings. The van der Waals surface area contributed by atoms with Gasteiger partial charge in [0.1, 0.15) is 11.2 Å². The molecule has 0 radical (unpaired) electrons. The SMILES string of the molecule is C=CCC1(CC=C)CC2(CCN(C(=O)OC(C)(C)C)CC2)OC1=O. The van der Waals surface area contributed by atoms with Gasteiger partial charge in [-0.1, -0.05) is 12.2 Å². The summed E-state index contributed by atoms with van der Waals surface area (Å²) in [6.45, 7) is 14.2. The van der Waals surface area contributed by atoms with Gasteiger partial charge in [-0.3, -0.25) is 4.79 Å². The predicted molar refractivity (Wildman–Crippen MR) is 92.5 cm³/mol. The molecule has 0 bridgehead atoms. The average Bonchev–Trinajstić information content (AvgIpc) is 2.71. The number of piperidine rings is 1. The summed E-state index contributed by atoms with van der Waals surface area (Å²) in [6, 6.07) is 0. The van der Waals surface area contributed by atoms with E-state index in [0.29, 0.717) is 45.2 Å². The molecule has 2 heterocycles. The molecular weight excluding hydrogens is 306 g/mol. The largest absolute Gasteiger partial charge is 0.458 e. The van der Waals surface area contributed by atoms with E-state index in [4.69, 9.17) is 9.47 Å². The Labute approximate surface area is 144 Å². The topological polar surface area (TPSA) is 55.8 Å². The van der Waals surface area contributed by atoms with Crippen LogP contribution in [0.25, 0.3) is 0 Å². The highest BCUT2D eigenvalue weighted by Gasteiger charge is 2.56. The molecule has 5 nitrogen and oxygen atoms in total. The van der Waals surface area contributed by atoms with Crippen molar-refractivity contribution in [2.24, 2.45) is 5.41 Å². The molecule has 1 amide bonds. The maximum atomic E-state index is 12.5. The molecular formula is C19H29NO4. The molecule has 2 rings (SSSR count). The van der Waals surface area contributed by atoms with Gasteiger partial charge in [0.2, 0.25) is 0 Å². The van der Waals surface area contributed by atoms with Gasteiger partial charge in [0.25, 0.3) is 0 Å². The molecule has 5 heteroatoms. The third-order valence-corrected chi connectivity index (χ3v) is 4.80. The Morgan fingerprint density at radius 1 is 1.25 bits per heavy atom. The monoisotopic (exact) mass is 335 g/mol. The highest BCUT2D eigenvalue weighted by Crippen LogP contribution is 2.50. The predicted octanol–water partition coefficient (Wildman–Crippen LogP) is 3.84. The summed E-state index contributed by atoms with van der Waals surface area (Å²) in [4.78, 5) is 26.4. The van der Waals surface area contributed by atoms with Gasteiger partial charge in [-0.05, 0) is 33.6 Å². The van der Waals surface area contributed by atoms with Crippen molar-refractivity contribution < 1.29 is 19.1 Å². The molecule has 24 heavy (non-hydrogen) atoms. The maximum Gasteiger partial charge on any atom is 0.410 e. The number of carbonyl (C=O) groups excluding carboxylic acids is 2. The molecule has 2 saturated heterocycles. The van der Waals surface area contributed by atoms with E-state index >= 15 is 0 Å². The van der Waals surface area contributed by atoms with Crippen molar-refractivity contribution in [2.75, 3.05) is 13.1 Å². The molecule has 0 atom stereocenters. The van der Waals surface area contributed by atoms with Crippen LogP contribution in [0.15, 0.2) is 25.3 Å². The first-order chi connectivity index (χ1) is 11.2. The summed E-state index contributed by atoms with van der Waals surface area (Å²) in [5, 5.41) is 0. The van der Waals surface area contributed by atoms with E-state index in [0.717, 1.165) is 0 Å². The number of nitrogens with zero attached hydrogens (tertiary/aromatic N) is 1. The Balaban J connectivity index is 2.03. The quantitative estimate of drug-likeness (QED) is 0.578. The standard InChI is InChI=1S/C19H29NO4/c1-6-8-18(9-7-2)14-19(23-15(18)21)10-12-20(13-11-19)16(22)24-17(3,4)5/h6-7H,1-2,8-14H2,3-5H3. The number of hydrogen-bond acceptors (Lipinski definition) is 4. The van der Waals surface area contributed by atoms with Crippen LogP contribution in [0.1, 0.15) is 52.9 Å². The second-order valence-electron chi connectivity index (χ2n) is 7.98. The zero-order valence-electron chi connectivity index (χ0n) is 15.1. The van der Waals surface area contributed by atoms with Crippen molar-refractivity contribution in [2.45, 2.75) is 64.1 Å². The van der Waals surface area contributed by atoms with Crippen LogP contribution in [0.3, 0.4) is 0 Å². The van der Waals surface area contributed by atoms with Crippen molar-refractivity contribution in [3.8, 4) is 0 Å². The average molecular weight is 335 g/mol. The number of hydrogen-bond donors (Lipinski definition) is 0. The minimum absolute atomic E-state index is 0.159. The lowest BCUT2D eigenvalue weighted by Gasteiger charge is -2.38. The minimum atomic E-state index is -0.544. The number of carbonyl (C=O) groups is 2. The second kappa shape index (κ2) is 6.61. The van der Waals surface area contributed by atoms with Crippen LogP contribution >= 0.6 is 0 Å². The van der Waals surface area contributed by atoms with Gasteiger partial charge in [0, 0.05) is 32.4 Å². The van der Waals surface area contributed by atoms with E-state index in [9.17, 15) is 9.59 Å². The lowest BCUT2D eigenvalue weighted by molar-refractivity contribution is -0.156. The van der Waals surface area contributed by atoms with Gasteiger partial charge < -0.3 is 14.4 Å². The van der Waals surface area contributed by atoms with Crippen molar-refractivity contribution in [3.63, 3.8) is 0 Å². The van der Waals surface area contributed by atoms with Crippen LogP contribution in [0.2, 0.25) is 0 Å². The fraction of sp³-hybridized carbons (Fsp3) is 0.684. The molecule has 0 aliphatic carbocycles. The highest BCUT2D eigenvalue weighted by atomic mass is 16.6. The van der Waals surface area contributed by atoms with Crippen LogP contribution in [-0.2, 0) is 14.3 Å². The Kier molecular flexibility index (Phi) is 5.11. The first-order valence-electron chi connectivity index (χ1n) is 8.59. The summed E-state index contributed by atoms with van der Waals surface area (Å²) >= 11 is 0. The maximum absolute atomic E-state index is 12.5. The molecule has 1 spiro atoms. The van der Waals surface area contributed by atoms with Gasteiger partial charge in [0.15, 0.2) is 0 Å². The second-order valence-corrected chi connectivity index (χ2v) is 7.98. The first kappa shape index (κ1) is 18.6. The summed E-state index contributed by atoms with van der Waals surface area (Å²) in [5.41, 5.74) is -1.52. The fourth-order valence-electron chi connectivity index (χ4n) is 3.68. The van der Waals surface area contributed by atoms with Crippen molar-refractivity contribution >= 4 is 12.1 Å². The Hall–Kier alpha value is -1.78. The van der Waals surface area contributed by atoms with Gasteiger partial charge in [-0.15, -0.1) is 13.2 Å². The molecule has 0 unspecified atom stereocenters. The van der Waals surface area contributed by atoms with Gasteiger partial charge in [-0.25, -0.2) is 4.79 Å². The minimum Gasteiger partial charge on any atom is -0.458 e. The molecule has 134 valence electrons. The number of amides is 1. The normalized spacial score (nSPS) is 22.1. The van der Waals surface area contributed by atoms with Crippen molar-refractivity contribution in [1.82, 2.24) is 4.90 Å². The number of ether oxygens (including phenoxy) is 2. The van der Waals surface area contributed by atoms with Crippen LogP contribution < -0.4 is 0 Å². The molecule has 0 aromatic carbocycles. The fourth-order valence-corrected chi connectivity index (χ4v) is 3.68.